The number of nitrogens with zero attached hydrogens (tertiary/aromatic N) is 1. The minimum absolute atomic E-state index is 0.103. The first kappa shape index (κ1) is 8.52. The van der Waals surface area contributed by atoms with Crippen LogP contribution in [0.1, 0.15) is 12.6 Å². The second-order valence-corrected chi connectivity index (χ2v) is 2.38. The number of rotatable bonds is 2. The maximum Gasteiger partial charge on any atom is 0.217 e. The average molecular weight is 166 g/mol. The van der Waals surface area contributed by atoms with E-state index < -0.39 is 0 Å². The van der Waals surface area contributed by atoms with Crippen molar-refractivity contribution in [3.63, 3.8) is 0 Å². The zero-order valence-electron chi connectivity index (χ0n) is 6.74. The number of carbonyl (C=O) groups excluding carboxylic acids is 1. The molecular weight excluding hydrogens is 156 g/mol. The number of nitrogens with one attached hydrogen (secondary N) is 1. The van der Waals surface area contributed by atoms with Crippen molar-refractivity contribution in [2.75, 3.05) is 0 Å². The van der Waals surface area contributed by atoms with Gasteiger partial charge in [-0.1, -0.05) is 0 Å². The smallest absolute Gasteiger partial charge is 0.217 e. The summed E-state index contributed by atoms with van der Waals surface area (Å²) in [5.41, 5.74) is 0.479. The van der Waals surface area contributed by atoms with Gasteiger partial charge in [-0.25, -0.2) is 0 Å². The fourth-order valence-electron chi connectivity index (χ4n) is 0.774. The van der Waals surface area contributed by atoms with Crippen molar-refractivity contribution in [1.29, 1.82) is 0 Å². The summed E-state index contributed by atoms with van der Waals surface area (Å²) in [6.07, 6.45) is 1.57. The number of aromatic nitrogens is 1. The number of pyridine rings is 1. The van der Waals surface area contributed by atoms with Gasteiger partial charge in [0.05, 0.1) is 6.54 Å². The van der Waals surface area contributed by atoms with Crippen molar-refractivity contribution in [3.8, 4) is 5.75 Å². The Morgan fingerprint density at radius 3 is 3.08 bits per heavy atom. The van der Waals surface area contributed by atoms with E-state index in [0.717, 1.165) is 0 Å². The number of carbonyl (C=O) groups is 1. The largest absolute Gasteiger partial charge is 0.506 e. The van der Waals surface area contributed by atoms with Crippen molar-refractivity contribution in [3.05, 3.63) is 24.0 Å². The van der Waals surface area contributed by atoms with Crippen LogP contribution < -0.4 is 5.32 Å². The third kappa shape index (κ3) is 2.23. The zero-order chi connectivity index (χ0) is 8.97. The number of aromatic hydroxyl groups is 1. The van der Waals surface area contributed by atoms with Gasteiger partial charge in [-0.05, 0) is 12.1 Å². The van der Waals surface area contributed by atoms with Gasteiger partial charge in [0.15, 0.2) is 0 Å². The van der Waals surface area contributed by atoms with E-state index >= 15 is 0 Å². The first-order valence-corrected chi connectivity index (χ1v) is 3.57. The standard InChI is InChI=1S/C8H10N2O2/c1-6(11)10-5-7-8(12)3-2-4-9-7/h2-4,12H,5H2,1H3,(H,10,11). The minimum Gasteiger partial charge on any atom is -0.506 e. The highest BCUT2D eigenvalue weighted by atomic mass is 16.3. The highest BCUT2D eigenvalue weighted by Gasteiger charge is 2.00. The molecule has 12 heavy (non-hydrogen) atoms. The molecule has 2 N–H and O–H groups in total. The number of hydrogen-bond acceptors (Lipinski definition) is 3. The third-order valence-electron chi connectivity index (χ3n) is 1.37. The molecule has 1 amide bonds. The van der Waals surface area contributed by atoms with Crippen LogP contribution in [0, 0.1) is 0 Å². The van der Waals surface area contributed by atoms with Gasteiger partial charge in [-0.15, -0.1) is 0 Å². The summed E-state index contributed by atoms with van der Waals surface area (Å²) in [5, 5.41) is 11.8. The molecule has 0 unspecified atom stereocenters. The van der Waals surface area contributed by atoms with Gasteiger partial charge in [0.1, 0.15) is 11.4 Å². The minimum atomic E-state index is -0.139. The predicted molar refractivity (Wildman–Crippen MR) is 43.4 cm³/mol. The molecule has 0 aliphatic rings. The van der Waals surface area contributed by atoms with E-state index in [1.165, 1.54) is 13.0 Å². The lowest BCUT2D eigenvalue weighted by Crippen LogP contribution is -2.19. The van der Waals surface area contributed by atoms with E-state index in [9.17, 15) is 9.90 Å². The zero-order valence-corrected chi connectivity index (χ0v) is 6.74. The predicted octanol–water partition coefficient (Wildman–Crippen LogP) is 0.423. The molecule has 0 aromatic carbocycles. The summed E-state index contributed by atoms with van der Waals surface area (Å²) in [4.78, 5) is 14.4. The van der Waals surface area contributed by atoms with E-state index in [2.05, 4.69) is 10.3 Å². The lowest BCUT2D eigenvalue weighted by atomic mass is 10.3. The second kappa shape index (κ2) is 3.71. The molecule has 0 spiro atoms. The van der Waals surface area contributed by atoms with Crippen LogP contribution in [0.4, 0.5) is 0 Å². The SMILES string of the molecule is CC(=O)NCc1ncccc1O. The topological polar surface area (TPSA) is 62.2 Å². The Balaban J connectivity index is 2.63. The van der Waals surface area contributed by atoms with Crippen LogP contribution >= 0.6 is 0 Å². The molecule has 1 rings (SSSR count). The first-order valence-electron chi connectivity index (χ1n) is 3.57. The molecule has 0 fully saturated rings. The van der Waals surface area contributed by atoms with Crippen LogP contribution in [0.15, 0.2) is 18.3 Å². The summed E-state index contributed by atoms with van der Waals surface area (Å²) in [7, 11) is 0. The molecule has 0 bridgehead atoms. The van der Waals surface area contributed by atoms with E-state index in [4.69, 9.17) is 0 Å². The highest BCUT2D eigenvalue weighted by molar-refractivity contribution is 5.72. The van der Waals surface area contributed by atoms with Crippen LogP contribution in [0.2, 0.25) is 0 Å². The maximum absolute atomic E-state index is 10.5. The molecule has 1 aromatic rings. The van der Waals surface area contributed by atoms with E-state index in [1.807, 2.05) is 0 Å². The molecule has 0 saturated heterocycles. The van der Waals surface area contributed by atoms with E-state index in [1.54, 1.807) is 12.3 Å². The molecule has 0 saturated carbocycles. The lowest BCUT2D eigenvalue weighted by molar-refractivity contribution is -0.119. The van der Waals surface area contributed by atoms with Gasteiger partial charge in [-0.3, -0.25) is 9.78 Å². The molecule has 1 aromatic heterocycles. The quantitative estimate of drug-likeness (QED) is 0.669. The summed E-state index contributed by atoms with van der Waals surface area (Å²) < 4.78 is 0. The van der Waals surface area contributed by atoms with Crippen LogP contribution in [0.3, 0.4) is 0 Å². The summed E-state index contributed by atoms with van der Waals surface area (Å²) in [6, 6.07) is 3.16. The number of amides is 1. The Morgan fingerprint density at radius 1 is 1.75 bits per heavy atom. The molecule has 0 aliphatic carbocycles. The van der Waals surface area contributed by atoms with Gasteiger partial charge >= 0.3 is 0 Å². The van der Waals surface area contributed by atoms with Crippen LogP contribution in [0.5, 0.6) is 5.75 Å². The molecule has 0 radical (unpaired) electrons. The van der Waals surface area contributed by atoms with Crippen LogP contribution in [-0.2, 0) is 11.3 Å². The molecule has 4 nitrogen and oxygen atoms in total. The average Bonchev–Trinajstić information content (AvgIpc) is 2.03. The van der Waals surface area contributed by atoms with Crippen molar-refractivity contribution in [1.82, 2.24) is 10.3 Å². The Hall–Kier alpha value is -1.58. The summed E-state index contributed by atoms with van der Waals surface area (Å²) >= 11 is 0. The van der Waals surface area contributed by atoms with Gasteiger partial charge in [0, 0.05) is 13.1 Å². The molecule has 0 atom stereocenters. The number of hydrogen-bond donors (Lipinski definition) is 2. The van der Waals surface area contributed by atoms with Gasteiger partial charge in [-0.2, -0.15) is 0 Å². The third-order valence-corrected chi connectivity index (χ3v) is 1.37. The Labute approximate surface area is 70.3 Å². The molecule has 4 heteroatoms. The summed E-state index contributed by atoms with van der Waals surface area (Å²) in [6.45, 7) is 1.68. The van der Waals surface area contributed by atoms with E-state index in [-0.39, 0.29) is 18.2 Å². The fraction of sp³-hybridized carbons (Fsp3) is 0.250. The van der Waals surface area contributed by atoms with Crippen molar-refractivity contribution < 1.29 is 9.90 Å². The molecule has 64 valence electrons. The lowest BCUT2D eigenvalue weighted by Gasteiger charge is -2.02. The molecule has 1 heterocycles. The first-order chi connectivity index (χ1) is 5.70. The fourth-order valence-corrected chi connectivity index (χ4v) is 0.774. The summed E-state index contributed by atoms with van der Waals surface area (Å²) in [5.74, 6) is -0.0358. The Morgan fingerprint density at radius 2 is 2.50 bits per heavy atom. The van der Waals surface area contributed by atoms with Gasteiger partial charge in [0.2, 0.25) is 5.91 Å². The molecular formula is C8H10N2O2. The van der Waals surface area contributed by atoms with E-state index in [0.29, 0.717) is 5.69 Å². The van der Waals surface area contributed by atoms with Crippen molar-refractivity contribution in [2.24, 2.45) is 0 Å². The van der Waals surface area contributed by atoms with Crippen LogP contribution in [-0.4, -0.2) is 16.0 Å². The van der Waals surface area contributed by atoms with Gasteiger partial charge < -0.3 is 10.4 Å². The second-order valence-electron chi connectivity index (χ2n) is 2.38. The Kier molecular flexibility index (Phi) is 2.63. The van der Waals surface area contributed by atoms with Gasteiger partial charge in [0.25, 0.3) is 0 Å². The Bertz CT molecular complexity index is 286. The van der Waals surface area contributed by atoms with Crippen LogP contribution in [0.25, 0.3) is 0 Å². The molecule has 0 aliphatic heterocycles. The monoisotopic (exact) mass is 166 g/mol. The van der Waals surface area contributed by atoms with Crippen molar-refractivity contribution >= 4 is 5.91 Å². The highest BCUT2D eigenvalue weighted by Crippen LogP contribution is 2.11. The van der Waals surface area contributed by atoms with Crippen molar-refractivity contribution in [2.45, 2.75) is 13.5 Å². The maximum atomic E-state index is 10.5. The normalized spacial score (nSPS) is 9.42.